The summed E-state index contributed by atoms with van der Waals surface area (Å²) in [4.78, 5) is 0. The summed E-state index contributed by atoms with van der Waals surface area (Å²) in [6.07, 6.45) is 0. The van der Waals surface area contributed by atoms with Crippen LogP contribution in [0.3, 0.4) is 0 Å². The first-order chi connectivity index (χ1) is 5.88. The zero-order chi connectivity index (χ0) is 10.1. The van der Waals surface area contributed by atoms with E-state index in [0.29, 0.717) is 0 Å². The highest BCUT2D eigenvalue weighted by atomic mass is 19.1. The van der Waals surface area contributed by atoms with Crippen molar-refractivity contribution in [3.05, 3.63) is 30.1 Å². The van der Waals surface area contributed by atoms with Crippen LogP contribution >= 0.6 is 0 Å². The molecule has 48 valence electrons. The Bertz CT molecular complexity index is 310. The van der Waals surface area contributed by atoms with Crippen molar-refractivity contribution in [3.63, 3.8) is 0 Å². The molecule has 0 aliphatic rings. The zero-order valence-corrected chi connectivity index (χ0v) is 4.52. The molecule has 1 nitrogen and oxygen atoms in total. The maximum Gasteiger partial charge on any atom is 0.123 e. The van der Waals surface area contributed by atoms with Gasteiger partial charge in [0.05, 0.1) is 12.5 Å². The van der Waals surface area contributed by atoms with Gasteiger partial charge in [-0.1, -0.05) is 0 Å². The maximum atomic E-state index is 12.5. The van der Waals surface area contributed by atoms with Crippen molar-refractivity contribution in [2.75, 3.05) is 7.04 Å². The van der Waals surface area contributed by atoms with Gasteiger partial charge in [0.1, 0.15) is 11.6 Å². The predicted octanol–water partition coefficient (Wildman–Crippen LogP) is 1.83. The standard InChI is InChI=1S/C7H7FO/c1-9-7-4-2-6(8)3-5-7/h2-5H,1H3/i1D3,4D. The van der Waals surface area contributed by atoms with Crippen molar-refractivity contribution in [2.24, 2.45) is 0 Å². The van der Waals surface area contributed by atoms with E-state index in [1.165, 1.54) is 0 Å². The third-order valence-corrected chi connectivity index (χ3v) is 0.856. The van der Waals surface area contributed by atoms with Gasteiger partial charge in [-0.3, -0.25) is 0 Å². The number of rotatable bonds is 1. The van der Waals surface area contributed by atoms with Crippen LogP contribution in [0.25, 0.3) is 0 Å². The Morgan fingerprint density at radius 1 is 1.67 bits per heavy atom. The van der Waals surface area contributed by atoms with Crippen LogP contribution in [0.15, 0.2) is 24.2 Å². The van der Waals surface area contributed by atoms with Crippen molar-refractivity contribution in [1.82, 2.24) is 0 Å². The molecule has 0 amide bonds. The number of benzene rings is 1. The molecule has 0 aliphatic heterocycles. The van der Waals surface area contributed by atoms with Gasteiger partial charge in [-0.15, -0.1) is 0 Å². The number of ether oxygens (including phenoxy) is 1. The molecular formula is C7H7FO. The third-order valence-electron chi connectivity index (χ3n) is 0.856. The normalized spacial score (nSPS) is 17.0. The number of halogens is 1. The maximum absolute atomic E-state index is 12.5. The van der Waals surface area contributed by atoms with E-state index < -0.39 is 12.9 Å². The van der Waals surface area contributed by atoms with Gasteiger partial charge < -0.3 is 4.74 Å². The van der Waals surface area contributed by atoms with Gasteiger partial charge in [0.2, 0.25) is 0 Å². The first-order valence-corrected chi connectivity index (χ1v) is 2.34. The van der Waals surface area contributed by atoms with Gasteiger partial charge >= 0.3 is 0 Å². The Morgan fingerprint density at radius 2 is 2.56 bits per heavy atom. The lowest BCUT2D eigenvalue weighted by atomic mass is 10.3. The number of methoxy groups -OCH3 is 1. The molecule has 0 unspecified atom stereocenters. The van der Waals surface area contributed by atoms with Crippen molar-refractivity contribution in [1.29, 1.82) is 0 Å². The van der Waals surface area contributed by atoms with Crippen LogP contribution in [-0.2, 0) is 0 Å². The lowest BCUT2D eigenvalue weighted by molar-refractivity contribution is 0.413. The highest BCUT2D eigenvalue weighted by molar-refractivity contribution is 5.21. The Kier molecular flexibility index (Phi) is 0.743. The lowest BCUT2D eigenvalue weighted by Gasteiger charge is -1.95. The summed E-state index contributed by atoms with van der Waals surface area (Å²) in [5.41, 5.74) is 0. The Morgan fingerprint density at radius 3 is 3.22 bits per heavy atom. The highest BCUT2D eigenvalue weighted by Gasteiger charge is 1.88. The molecule has 0 saturated carbocycles. The van der Waals surface area contributed by atoms with E-state index in [2.05, 4.69) is 4.74 Å². The van der Waals surface area contributed by atoms with E-state index in [1.54, 1.807) is 0 Å². The summed E-state index contributed by atoms with van der Waals surface area (Å²) in [7, 11) is -2.60. The summed E-state index contributed by atoms with van der Waals surface area (Å²) in [6, 6.07) is 2.76. The van der Waals surface area contributed by atoms with E-state index in [-0.39, 0.29) is 11.8 Å². The van der Waals surface area contributed by atoms with Crippen LogP contribution in [0.4, 0.5) is 4.39 Å². The van der Waals surface area contributed by atoms with E-state index >= 15 is 0 Å². The molecule has 2 heteroatoms. The fraction of sp³-hybridized carbons (Fsp3) is 0.143. The van der Waals surface area contributed by atoms with E-state index in [4.69, 9.17) is 5.48 Å². The smallest absolute Gasteiger partial charge is 0.123 e. The second-order valence-corrected chi connectivity index (χ2v) is 1.47. The van der Waals surface area contributed by atoms with Gasteiger partial charge in [-0.05, 0) is 24.2 Å². The molecule has 0 fully saturated rings. The largest absolute Gasteiger partial charge is 0.497 e. The molecule has 0 atom stereocenters. The minimum absolute atomic E-state index is 0.151. The van der Waals surface area contributed by atoms with Crippen molar-refractivity contribution in [2.45, 2.75) is 0 Å². The van der Waals surface area contributed by atoms with Crippen molar-refractivity contribution in [3.8, 4) is 5.75 Å². The van der Waals surface area contributed by atoms with Crippen LogP contribution in [-0.4, -0.2) is 7.04 Å². The predicted molar refractivity (Wildman–Crippen MR) is 33.0 cm³/mol. The molecule has 9 heavy (non-hydrogen) atoms. The van der Waals surface area contributed by atoms with Gasteiger partial charge in [0.15, 0.2) is 0 Å². The van der Waals surface area contributed by atoms with Crippen LogP contribution in [0.5, 0.6) is 5.75 Å². The van der Waals surface area contributed by atoms with Gasteiger partial charge in [-0.25, -0.2) is 4.39 Å². The van der Waals surface area contributed by atoms with Crippen LogP contribution < -0.4 is 4.74 Å². The molecule has 0 N–H and O–H groups in total. The Balaban J connectivity index is 2.90. The summed E-state index contributed by atoms with van der Waals surface area (Å²) in [5.74, 6) is -0.746. The van der Waals surface area contributed by atoms with Crippen LogP contribution in [0.1, 0.15) is 5.48 Å². The summed E-state index contributed by atoms with van der Waals surface area (Å²) >= 11 is 0. The summed E-state index contributed by atoms with van der Waals surface area (Å²) < 4.78 is 44.3. The van der Waals surface area contributed by atoms with E-state index in [0.717, 1.165) is 18.2 Å². The first-order valence-electron chi connectivity index (χ1n) is 4.34. The molecular weight excluding hydrogens is 119 g/mol. The topological polar surface area (TPSA) is 9.23 Å². The fourth-order valence-corrected chi connectivity index (χ4v) is 0.455. The molecule has 1 aromatic carbocycles. The quantitative estimate of drug-likeness (QED) is 0.563. The SMILES string of the molecule is [2H]c1cc(F)ccc1OC([2H])([2H])[2H]. The lowest BCUT2D eigenvalue weighted by Crippen LogP contribution is -1.80. The minimum atomic E-state index is -2.60. The second kappa shape index (κ2) is 2.49. The average molecular weight is 130 g/mol. The molecule has 0 saturated heterocycles. The molecule has 0 spiro atoms. The molecule has 0 aromatic heterocycles. The molecule has 1 rings (SSSR count). The molecule has 0 bridgehead atoms. The molecule has 0 aliphatic carbocycles. The summed E-state index contributed by atoms with van der Waals surface area (Å²) in [6.45, 7) is 0. The molecule has 0 radical (unpaired) electrons. The average Bonchev–Trinajstić information content (AvgIpc) is 1.93. The number of hydrogen-bond acceptors (Lipinski definition) is 1. The monoisotopic (exact) mass is 130 g/mol. The Hall–Kier alpha value is -1.05. The van der Waals surface area contributed by atoms with Crippen molar-refractivity contribution >= 4 is 0 Å². The van der Waals surface area contributed by atoms with E-state index in [9.17, 15) is 4.39 Å². The van der Waals surface area contributed by atoms with Gasteiger partial charge in [-0.2, -0.15) is 0 Å². The Labute approximate surface area is 58.7 Å². The molecule has 0 heterocycles. The summed E-state index contributed by atoms with van der Waals surface area (Å²) in [5, 5.41) is 0. The van der Waals surface area contributed by atoms with Gasteiger partial charge in [0.25, 0.3) is 0 Å². The number of hydrogen-bond donors (Lipinski definition) is 0. The fourth-order valence-electron chi connectivity index (χ4n) is 0.455. The minimum Gasteiger partial charge on any atom is -0.497 e. The second-order valence-electron chi connectivity index (χ2n) is 1.47. The van der Waals surface area contributed by atoms with Crippen molar-refractivity contribution < 1.29 is 14.6 Å². The van der Waals surface area contributed by atoms with E-state index in [1.807, 2.05) is 0 Å². The third kappa shape index (κ3) is 1.42. The highest BCUT2D eigenvalue weighted by Crippen LogP contribution is 2.08. The van der Waals surface area contributed by atoms with Crippen LogP contribution in [0.2, 0.25) is 0 Å². The zero-order valence-electron chi connectivity index (χ0n) is 8.52. The first kappa shape index (κ1) is 2.69. The van der Waals surface area contributed by atoms with Crippen LogP contribution in [0, 0.1) is 5.82 Å². The molecule has 1 aromatic rings. The van der Waals surface area contributed by atoms with Gasteiger partial charge in [0, 0.05) is 0 Å².